The molecule has 2 nitrogen and oxygen atoms in total. The Kier molecular flexibility index (Phi) is 5.51. The summed E-state index contributed by atoms with van der Waals surface area (Å²) in [6, 6.07) is 8.90. The number of benzene rings is 1. The zero-order valence-electron chi connectivity index (χ0n) is 11.1. The number of halogens is 1. The third-order valence-electron chi connectivity index (χ3n) is 3.32. The maximum absolute atomic E-state index is 5.79. The number of unbranched alkanes of at least 4 members (excludes halogenated alkanes) is 1. The summed E-state index contributed by atoms with van der Waals surface area (Å²) in [5.41, 5.74) is 0. The fourth-order valence-corrected chi connectivity index (χ4v) is 2.35. The molecule has 1 aromatic carbocycles. The molecule has 0 radical (unpaired) electrons. The Hall–Kier alpha value is -0.540. The Morgan fingerprint density at radius 1 is 1.22 bits per heavy atom. The highest BCUT2D eigenvalue weighted by Gasteiger charge is 2.27. The van der Waals surface area contributed by atoms with Crippen LogP contribution in [0.4, 0.5) is 0 Å². The average molecular weight is 312 g/mol. The van der Waals surface area contributed by atoms with Gasteiger partial charge in [-0.3, -0.25) is 4.90 Å². The lowest BCUT2D eigenvalue weighted by atomic mass is 10.3. The third kappa shape index (κ3) is 4.62. The van der Waals surface area contributed by atoms with Crippen molar-refractivity contribution < 1.29 is 4.74 Å². The summed E-state index contributed by atoms with van der Waals surface area (Å²) in [5, 5.41) is 0. The van der Waals surface area contributed by atoms with E-state index in [2.05, 4.69) is 27.8 Å². The molecule has 0 saturated heterocycles. The van der Waals surface area contributed by atoms with Crippen molar-refractivity contribution in [2.45, 2.75) is 38.6 Å². The Labute approximate surface area is 118 Å². The summed E-state index contributed by atoms with van der Waals surface area (Å²) >= 11 is 3.43. The molecule has 1 aromatic rings. The summed E-state index contributed by atoms with van der Waals surface area (Å²) in [6.45, 7) is 5.33. The summed E-state index contributed by atoms with van der Waals surface area (Å²) in [4.78, 5) is 2.59. The summed E-state index contributed by atoms with van der Waals surface area (Å²) in [6.07, 6.45) is 5.33. The van der Waals surface area contributed by atoms with Gasteiger partial charge in [0.25, 0.3) is 0 Å². The monoisotopic (exact) mass is 311 g/mol. The van der Waals surface area contributed by atoms with Crippen LogP contribution < -0.4 is 4.74 Å². The van der Waals surface area contributed by atoms with E-state index < -0.39 is 0 Å². The predicted molar refractivity (Wildman–Crippen MR) is 79.1 cm³/mol. The van der Waals surface area contributed by atoms with Gasteiger partial charge in [-0.1, -0.05) is 29.3 Å². The van der Waals surface area contributed by atoms with Gasteiger partial charge in [0.1, 0.15) is 12.4 Å². The van der Waals surface area contributed by atoms with Crippen molar-refractivity contribution >= 4 is 15.9 Å². The quantitative estimate of drug-likeness (QED) is 0.717. The molecule has 0 unspecified atom stereocenters. The van der Waals surface area contributed by atoms with E-state index in [1.54, 1.807) is 0 Å². The zero-order valence-corrected chi connectivity index (χ0v) is 12.7. The zero-order chi connectivity index (χ0) is 12.8. The fourth-order valence-electron chi connectivity index (χ4n) is 2.09. The van der Waals surface area contributed by atoms with Crippen LogP contribution in [0.3, 0.4) is 0 Å². The van der Waals surface area contributed by atoms with Gasteiger partial charge in [-0.05, 0) is 50.1 Å². The maximum Gasteiger partial charge on any atom is 0.119 e. The Morgan fingerprint density at radius 2 is 1.94 bits per heavy atom. The average Bonchev–Trinajstić information content (AvgIpc) is 3.20. The van der Waals surface area contributed by atoms with Crippen molar-refractivity contribution in [3.8, 4) is 5.75 Å². The molecular formula is C15H22BrNO. The van der Waals surface area contributed by atoms with Gasteiger partial charge in [0.15, 0.2) is 0 Å². The highest BCUT2D eigenvalue weighted by molar-refractivity contribution is 9.10. The SMILES string of the molecule is CCCCN(CCOc1ccc(Br)cc1)C1CC1. The first kappa shape index (κ1) is 13.9. The minimum atomic E-state index is 0.793. The molecule has 0 aliphatic heterocycles. The van der Waals surface area contributed by atoms with Gasteiger partial charge < -0.3 is 4.74 Å². The topological polar surface area (TPSA) is 12.5 Å². The second kappa shape index (κ2) is 7.15. The van der Waals surface area contributed by atoms with Crippen molar-refractivity contribution in [1.29, 1.82) is 0 Å². The lowest BCUT2D eigenvalue weighted by Gasteiger charge is -2.21. The van der Waals surface area contributed by atoms with Gasteiger partial charge in [-0.2, -0.15) is 0 Å². The molecule has 0 spiro atoms. The van der Waals surface area contributed by atoms with Gasteiger partial charge in [0.05, 0.1) is 0 Å². The van der Waals surface area contributed by atoms with Crippen molar-refractivity contribution in [3.63, 3.8) is 0 Å². The first-order chi connectivity index (χ1) is 8.79. The molecule has 100 valence electrons. The van der Waals surface area contributed by atoms with E-state index in [0.717, 1.165) is 29.4 Å². The molecule has 0 aromatic heterocycles. The number of nitrogens with zero attached hydrogens (tertiary/aromatic N) is 1. The normalized spacial score (nSPS) is 15.1. The standard InChI is InChI=1S/C15H22BrNO/c1-2-3-10-17(14-6-7-14)11-12-18-15-8-4-13(16)5-9-15/h4-5,8-9,14H,2-3,6-7,10-12H2,1H3. The molecule has 0 amide bonds. The van der Waals surface area contributed by atoms with E-state index in [4.69, 9.17) is 4.74 Å². The summed E-state index contributed by atoms with van der Waals surface area (Å²) in [5.74, 6) is 0.962. The first-order valence-electron chi connectivity index (χ1n) is 6.92. The van der Waals surface area contributed by atoms with Crippen LogP contribution >= 0.6 is 15.9 Å². The van der Waals surface area contributed by atoms with E-state index in [-0.39, 0.29) is 0 Å². The molecule has 18 heavy (non-hydrogen) atoms. The predicted octanol–water partition coefficient (Wildman–Crippen LogP) is 4.09. The molecule has 0 N–H and O–H groups in total. The number of hydrogen-bond donors (Lipinski definition) is 0. The van der Waals surface area contributed by atoms with E-state index in [9.17, 15) is 0 Å². The van der Waals surface area contributed by atoms with Crippen molar-refractivity contribution in [2.75, 3.05) is 19.7 Å². The smallest absolute Gasteiger partial charge is 0.119 e. The van der Waals surface area contributed by atoms with E-state index in [1.807, 2.05) is 24.3 Å². The fraction of sp³-hybridized carbons (Fsp3) is 0.600. The van der Waals surface area contributed by atoms with Crippen molar-refractivity contribution in [1.82, 2.24) is 4.90 Å². The van der Waals surface area contributed by atoms with Crippen LogP contribution in [0.15, 0.2) is 28.7 Å². The highest BCUT2D eigenvalue weighted by atomic mass is 79.9. The Bertz CT molecular complexity index is 348. The van der Waals surface area contributed by atoms with Crippen molar-refractivity contribution in [3.05, 3.63) is 28.7 Å². The van der Waals surface area contributed by atoms with Crippen LogP contribution in [0.5, 0.6) is 5.75 Å². The van der Waals surface area contributed by atoms with Gasteiger partial charge in [0.2, 0.25) is 0 Å². The molecular weight excluding hydrogens is 290 g/mol. The molecule has 1 aliphatic carbocycles. The number of ether oxygens (including phenoxy) is 1. The van der Waals surface area contributed by atoms with Gasteiger partial charge in [0, 0.05) is 17.1 Å². The lowest BCUT2D eigenvalue weighted by Crippen LogP contribution is -2.31. The molecule has 2 rings (SSSR count). The Balaban J connectivity index is 1.70. The molecule has 1 fully saturated rings. The first-order valence-corrected chi connectivity index (χ1v) is 7.71. The molecule has 1 saturated carbocycles. The Morgan fingerprint density at radius 3 is 2.56 bits per heavy atom. The van der Waals surface area contributed by atoms with E-state index in [1.165, 1.54) is 32.2 Å². The van der Waals surface area contributed by atoms with Gasteiger partial charge in [-0.15, -0.1) is 0 Å². The van der Waals surface area contributed by atoms with E-state index in [0.29, 0.717) is 0 Å². The lowest BCUT2D eigenvalue weighted by molar-refractivity contribution is 0.199. The van der Waals surface area contributed by atoms with Crippen LogP contribution in [0, 0.1) is 0 Å². The van der Waals surface area contributed by atoms with Crippen LogP contribution in [0.2, 0.25) is 0 Å². The second-order valence-corrected chi connectivity index (χ2v) is 5.84. The van der Waals surface area contributed by atoms with Crippen LogP contribution in [-0.2, 0) is 0 Å². The molecule has 1 aliphatic rings. The maximum atomic E-state index is 5.79. The van der Waals surface area contributed by atoms with Crippen LogP contribution in [0.25, 0.3) is 0 Å². The van der Waals surface area contributed by atoms with Gasteiger partial charge in [-0.25, -0.2) is 0 Å². The second-order valence-electron chi connectivity index (χ2n) is 4.92. The van der Waals surface area contributed by atoms with Crippen LogP contribution in [0.1, 0.15) is 32.6 Å². The molecule has 3 heteroatoms. The minimum Gasteiger partial charge on any atom is -0.492 e. The highest BCUT2D eigenvalue weighted by Crippen LogP contribution is 2.26. The van der Waals surface area contributed by atoms with Gasteiger partial charge >= 0.3 is 0 Å². The largest absolute Gasteiger partial charge is 0.492 e. The van der Waals surface area contributed by atoms with E-state index >= 15 is 0 Å². The summed E-state index contributed by atoms with van der Waals surface area (Å²) in [7, 11) is 0. The number of rotatable bonds is 8. The van der Waals surface area contributed by atoms with Crippen molar-refractivity contribution in [2.24, 2.45) is 0 Å². The van der Waals surface area contributed by atoms with Crippen LogP contribution in [-0.4, -0.2) is 30.6 Å². The number of hydrogen-bond acceptors (Lipinski definition) is 2. The third-order valence-corrected chi connectivity index (χ3v) is 3.85. The molecule has 0 bridgehead atoms. The molecule has 0 atom stereocenters. The molecule has 0 heterocycles. The minimum absolute atomic E-state index is 0.793. The summed E-state index contributed by atoms with van der Waals surface area (Å²) < 4.78 is 6.88.